The topological polar surface area (TPSA) is 16.3 Å². The second kappa shape index (κ2) is 27.6. The summed E-state index contributed by atoms with van der Waals surface area (Å²) in [5.74, 6) is 0. The van der Waals surface area contributed by atoms with E-state index in [0.29, 0.717) is 0 Å². The Labute approximate surface area is 699 Å². The molecule has 2 aliphatic rings. The zero-order valence-corrected chi connectivity index (χ0v) is 69.9. The van der Waals surface area contributed by atoms with Crippen LogP contribution >= 0.6 is 0 Å². The number of fused-ring (bicyclic) bond motifs is 13. The summed E-state index contributed by atoms with van der Waals surface area (Å²) in [6.07, 6.45) is 0. The highest BCUT2D eigenvalue weighted by molar-refractivity contribution is 7.00. The van der Waals surface area contributed by atoms with Gasteiger partial charge >= 0.3 is 0 Å². The highest BCUT2D eigenvalue weighted by atomic mass is 15.2. The van der Waals surface area contributed by atoms with Crippen molar-refractivity contribution >= 4 is 122 Å². The van der Waals surface area contributed by atoms with Crippen molar-refractivity contribution in [3.63, 3.8) is 0 Å². The van der Waals surface area contributed by atoms with E-state index in [1.54, 1.807) is 0 Å². The average Bonchev–Trinajstić information content (AvgIpc) is 0.849. The fourth-order valence-electron chi connectivity index (χ4n) is 19.3. The van der Waals surface area contributed by atoms with Gasteiger partial charge in [-0.15, -0.1) is 0 Å². The Bertz CT molecular complexity index is 7240. The van der Waals surface area contributed by atoms with Crippen molar-refractivity contribution in [3.8, 4) is 78.1 Å². The molecule has 574 valence electrons. The van der Waals surface area contributed by atoms with Crippen LogP contribution in [0.15, 0.2) is 358 Å². The average molecular weight is 1530 g/mol. The van der Waals surface area contributed by atoms with E-state index in [9.17, 15) is 0 Å². The molecule has 0 saturated heterocycles. The van der Waals surface area contributed by atoms with Gasteiger partial charge in [0, 0.05) is 77.9 Å². The lowest BCUT2D eigenvalue weighted by Gasteiger charge is -2.46. The largest absolute Gasteiger partial charge is 0.310 e. The van der Waals surface area contributed by atoms with Gasteiger partial charge in [0.05, 0.1) is 33.4 Å². The zero-order chi connectivity index (χ0) is 81.1. The van der Waals surface area contributed by atoms with Crippen LogP contribution in [0.4, 0.5) is 34.1 Å². The summed E-state index contributed by atoms with van der Waals surface area (Å²) in [5, 5.41) is 9.83. The first kappa shape index (κ1) is 73.2. The number of nitrogens with zero attached hydrogens (tertiary/aromatic N) is 4. The molecule has 5 heteroatoms. The summed E-state index contributed by atoms with van der Waals surface area (Å²) in [4.78, 5) is 5.50. The van der Waals surface area contributed by atoms with E-state index in [1.165, 1.54) is 104 Å². The highest BCUT2D eigenvalue weighted by Crippen LogP contribution is 2.56. The first-order valence-electron chi connectivity index (χ1n) is 42.3. The summed E-state index contributed by atoms with van der Waals surface area (Å²) >= 11 is 0. The Hall–Kier alpha value is -13.5. The molecule has 119 heavy (non-hydrogen) atoms. The van der Waals surface area contributed by atoms with Gasteiger partial charge in [-0.3, -0.25) is 0 Å². The zero-order valence-electron chi connectivity index (χ0n) is 69.9. The quantitative estimate of drug-likeness (QED) is 0.100. The third-order valence-corrected chi connectivity index (χ3v) is 25.7. The summed E-state index contributed by atoms with van der Waals surface area (Å²) in [7, 11) is 0. The van der Waals surface area contributed by atoms with Gasteiger partial charge in [0.25, 0.3) is 6.71 Å². The van der Waals surface area contributed by atoms with Gasteiger partial charge in [0.1, 0.15) is 0 Å². The van der Waals surface area contributed by atoms with Crippen LogP contribution in [0, 0.1) is 0 Å². The number of hydrogen-bond acceptors (Lipinski definition) is 2. The fourth-order valence-corrected chi connectivity index (χ4v) is 19.3. The van der Waals surface area contributed by atoms with Crippen molar-refractivity contribution < 1.29 is 0 Å². The van der Waals surface area contributed by atoms with Crippen LogP contribution in [-0.4, -0.2) is 15.8 Å². The van der Waals surface area contributed by atoms with Gasteiger partial charge in [0.15, 0.2) is 0 Å². The van der Waals surface area contributed by atoms with Crippen molar-refractivity contribution in [2.75, 3.05) is 9.80 Å². The molecule has 17 aromatic carbocycles. The van der Waals surface area contributed by atoms with Gasteiger partial charge in [-0.2, -0.15) is 0 Å². The molecule has 0 atom stereocenters. The Morgan fingerprint density at radius 3 is 1.03 bits per heavy atom. The van der Waals surface area contributed by atoms with Gasteiger partial charge in [-0.05, 0) is 229 Å². The molecule has 0 radical (unpaired) electrons. The minimum Gasteiger partial charge on any atom is -0.310 e. The van der Waals surface area contributed by atoms with Gasteiger partial charge < -0.3 is 18.9 Å². The maximum absolute atomic E-state index is 2.75. The monoisotopic (exact) mass is 1530 g/mol. The van der Waals surface area contributed by atoms with Crippen molar-refractivity contribution in [3.05, 3.63) is 380 Å². The van der Waals surface area contributed by atoms with Crippen molar-refractivity contribution in [1.29, 1.82) is 0 Å². The van der Waals surface area contributed by atoms with E-state index in [2.05, 4.69) is 460 Å². The third-order valence-electron chi connectivity index (χ3n) is 25.7. The van der Waals surface area contributed by atoms with Crippen LogP contribution in [-0.2, 0) is 21.7 Å². The standard InChI is InChI=1S/C114H95BN4/c1-111(2,3)82-50-59-102-96(64-82)94-62-78(72-31-18-13-19-32-72)48-57-100(94)116(102)86-52-55-98-104(70-86)118(109-90(74-35-22-15-23-36-74)43-30-44-91(109)81-47-54-89-80(61-81)46-45-77-41-28-29-42-88(77)89)106-68-85(114(10,11)12)69-107-108(106)115(98)99-56-53-87(117-101-58-49-79(73-33-20-14-21-34-73)63-95(101)97-65-83(112(4,5)6)51-60-103(97)117)71-105(99)119(107)110-92(75-37-24-16-25-38-75)66-84(113(7,8)9)67-93(110)76-39-26-17-27-40-76/h13-71H,1-12H3. The minimum atomic E-state index is -0.368. The Kier molecular flexibility index (Phi) is 17.0. The van der Waals surface area contributed by atoms with Crippen LogP contribution in [0.2, 0.25) is 0 Å². The molecule has 19 aromatic rings. The molecule has 0 spiro atoms. The molecule has 2 aliphatic heterocycles. The number of hydrogen-bond donors (Lipinski definition) is 0. The summed E-state index contributed by atoms with van der Waals surface area (Å²) in [6, 6.07) is 137. The van der Waals surface area contributed by atoms with Crippen LogP contribution in [0.5, 0.6) is 0 Å². The highest BCUT2D eigenvalue weighted by Gasteiger charge is 2.47. The Morgan fingerprint density at radius 1 is 0.210 bits per heavy atom. The van der Waals surface area contributed by atoms with E-state index in [-0.39, 0.29) is 28.4 Å². The van der Waals surface area contributed by atoms with Crippen molar-refractivity contribution in [1.82, 2.24) is 9.13 Å². The van der Waals surface area contributed by atoms with Gasteiger partial charge in [-0.1, -0.05) is 338 Å². The predicted octanol–water partition coefficient (Wildman–Crippen LogP) is 29.5. The lowest BCUT2D eigenvalue weighted by Crippen LogP contribution is -2.61. The molecule has 0 amide bonds. The van der Waals surface area contributed by atoms with Gasteiger partial charge in [-0.25, -0.2) is 0 Å². The van der Waals surface area contributed by atoms with Gasteiger partial charge in [0.2, 0.25) is 0 Å². The van der Waals surface area contributed by atoms with Crippen molar-refractivity contribution in [2.45, 2.75) is 105 Å². The minimum absolute atomic E-state index is 0.0875. The lowest BCUT2D eigenvalue weighted by molar-refractivity contribution is 0.590. The van der Waals surface area contributed by atoms with Crippen LogP contribution in [0.3, 0.4) is 0 Å². The predicted molar refractivity (Wildman–Crippen MR) is 512 cm³/mol. The third kappa shape index (κ3) is 12.2. The molecule has 4 heterocycles. The molecule has 0 fully saturated rings. The SMILES string of the molecule is CC(C)(C)c1cc(-c2ccccc2)c(N2c3cc(-n4c5ccc(-c6ccccc6)cc5c5cc(C(C)(C)C)ccc54)ccc3B3c4ccc(-n5c6ccc(-c7ccccc7)cc6c6cc(C(C)(C)C)ccc65)cc4N(c4c(-c5ccccc5)cccc4-c4ccc5c(ccc6ccccc65)c4)c4cc(C(C)(C)C)cc2c43)c(-c2ccccc2)c1. The molecule has 0 saturated carbocycles. The summed E-state index contributed by atoms with van der Waals surface area (Å²) in [5.41, 5.74) is 35.6. The summed E-state index contributed by atoms with van der Waals surface area (Å²) in [6.45, 7) is 28.1. The van der Waals surface area contributed by atoms with E-state index in [0.717, 1.165) is 112 Å². The Balaban J connectivity index is 0.919. The maximum atomic E-state index is 2.75. The van der Waals surface area contributed by atoms with E-state index in [1.807, 2.05) is 0 Å². The van der Waals surface area contributed by atoms with Crippen molar-refractivity contribution in [2.24, 2.45) is 0 Å². The second-order valence-electron chi connectivity index (χ2n) is 37.3. The second-order valence-corrected chi connectivity index (χ2v) is 37.3. The number of benzene rings is 17. The molecule has 21 rings (SSSR count). The smallest absolute Gasteiger partial charge is 0.252 e. The van der Waals surface area contributed by atoms with Crippen LogP contribution in [0.1, 0.15) is 105 Å². The molecular weight excluding hydrogens is 1440 g/mol. The molecular formula is C114H95BN4. The van der Waals surface area contributed by atoms with Crippen LogP contribution in [0.25, 0.3) is 143 Å². The Morgan fingerprint density at radius 2 is 0.571 bits per heavy atom. The first-order chi connectivity index (χ1) is 57.6. The number of aromatic nitrogens is 2. The number of para-hydroxylation sites is 1. The summed E-state index contributed by atoms with van der Waals surface area (Å²) < 4.78 is 5.13. The van der Waals surface area contributed by atoms with Crippen LogP contribution < -0.4 is 26.2 Å². The molecule has 0 N–H and O–H groups in total. The maximum Gasteiger partial charge on any atom is 0.252 e. The molecule has 4 nitrogen and oxygen atoms in total. The number of rotatable bonds is 10. The fraction of sp³-hybridized carbons (Fsp3) is 0.140. The lowest BCUT2D eigenvalue weighted by atomic mass is 9.33. The van der Waals surface area contributed by atoms with E-state index >= 15 is 0 Å². The molecule has 2 aromatic heterocycles. The number of anilines is 6. The molecule has 0 bridgehead atoms. The molecule has 0 unspecified atom stereocenters. The first-order valence-corrected chi connectivity index (χ1v) is 42.3. The molecule has 0 aliphatic carbocycles. The van der Waals surface area contributed by atoms with E-state index in [4.69, 9.17) is 0 Å². The van der Waals surface area contributed by atoms with E-state index < -0.39 is 0 Å². The normalized spacial score (nSPS) is 13.0.